The van der Waals surface area contributed by atoms with Gasteiger partial charge in [0.1, 0.15) is 6.54 Å². The number of rotatable bonds is 5. The number of piperazine rings is 1. The highest BCUT2D eigenvalue weighted by molar-refractivity contribution is 5.81. The average Bonchev–Trinajstić information content (AvgIpc) is 3.00. The Kier molecular flexibility index (Phi) is 5.62. The molecule has 0 spiro atoms. The van der Waals surface area contributed by atoms with E-state index in [2.05, 4.69) is 29.2 Å². The van der Waals surface area contributed by atoms with Crippen molar-refractivity contribution >= 4 is 23.0 Å². The topological polar surface area (TPSA) is 50.5 Å². The maximum absolute atomic E-state index is 12.8. The minimum atomic E-state index is -0.149. The van der Waals surface area contributed by atoms with E-state index in [1.165, 1.54) is 5.56 Å². The first-order chi connectivity index (χ1) is 14.1. The number of hydrogen-bond acceptors (Lipinski definition) is 3. The van der Waals surface area contributed by atoms with Gasteiger partial charge in [0.15, 0.2) is 0 Å². The molecule has 0 N–H and O–H groups in total. The van der Waals surface area contributed by atoms with Gasteiger partial charge in [-0.05, 0) is 17.7 Å². The molecule has 1 saturated heterocycles. The fraction of sp³-hybridized carbons (Fsp3) is 0.304. The summed E-state index contributed by atoms with van der Waals surface area (Å²) < 4.78 is 3.17. The quantitative estimate of drug-likeness (QED) is 0.671. The molecule has 6 heteroatoms. The van der Waals surface area contributed by atoms with Gasteiger partial charge in [0, 0.05) is 39.8 Å². The maximum Gasteiger partial charge on any atom is 0.329 e. The SMILES string of the molecule is Cn1c(=O)n(CC(=O)N2CCN(C/C=C/c3ccccc3)CC2)c2ccccc21. The second kappa shape index (κ2) is 8.49. The van der Waals surface area contributed by atoms with Crippen LogP contribution in [0.4, 0.5) is 0 Å². The largest absolute Gasteiger partial charge is 0.339 e. The Hall–Kier alpha value is -3.12. The summed E-state index contributed by atoms with van der Waals surface area (Å²) in [5.74, 6) is 0.00271. The zero-order valence-corrected chi connectivity index (χ0v) is 16.7. The van der Waals surface area contributed by atoms with Crippen LogP contribution in [0, 0.1) is 0 Å². The van der Waals surface area contributed by atoms with Crippen LogP contribution in [-0.4, -0.2) is 57.6 Å². The van der Waals surface area contributed by atoms with Gasteiger partial charge in [-0.2, -0.15) is 0 Å². The Morgan fingerprint density at radius 2 is 1.59 bits per heavy atom. The summed E-state index contributed by atoms with van der Waals surface area (Å²) in [6.45, 7) is 4.04. The molecule has 0 saturated carbocycles. The minimum absolute atomic E-state index is 0.00271. The highest BCUT2D eigenvalue weighted by atomic mass is 16.2. The lowest BCUT2D eigenvalue weighted by Crippen LogP contribution is -2.49. The second-order valence-corrected chi connectivity index (χ2v) is 7.41. The molecule has 0 aliphatic carbocycles. The van der Waals surface area contributed by atoms with Crippen molar-refractivity contribution in [2.24, 2.45) is 7.05 Å². The first-order valence-electron chi connectivity index (χ1n) is 9.99. The molecule has 2 aromatic carbocycles. The fourth-order valence-corrected chi connectivity index (χ4v) is 3.83. The van der Waals surface area contributed by atoms with Crippen molar-refractivity contribution in [2.45, 2.75) is 6.54 Å². The molecule has 4 rings (SSSR count). The summed E-state index contributed by atoms with van der Waals surface area (Å²) >= 11 is 0. The predicted octanol–water partition coefficient (Wildman–Crippen LogP) is 2.20. The summed E-state index contributed by atoms with van der Waals surface area (Å²) in [4.78, 5) is 29.5. The molecule has 1 aliphatic heterocycles. The monoisotopic (exact) mass is 390 g/mol. The number of para-hydroxylation sites is 2. The number of benzene rings is 2. The lowest BCUT2D eigenvalue weighted by molar-refractivity contribution is -0.133. The molecule has 0 radical (unpaired) electrons. The normalized spacial score (nSPS) is 15.4. The van der Waals surface area contributed by atoms with Crippen molar-refractivity contribution in [1.29, 1.82) is 0 Å². The number of aryl methyl sites for hydroxylation is 1. The van der Waals surface area contributed by atoms with Gasteiger partial charge in [-0.15, -0.1) is 0 Å². The zero-order chi connectivity index (χ0) is 20.2. The summed E-state index contributed by atoms with van der Waals surface area (Å²) in [6.07, 6.45) is 4.30. The van der Waals surface area contributed by atoms with Crippen molar-refractivity contribution in [3.63, 3.8) is 0 Å². The Bertz CT molecular complexity index is 1070. The maximum atomic E-state index is 12.8. The summed E-state index contributed by atoms with van der Waals surface area (Å²) in [7, 11) is 1.74. The highest BCUT2D eigenvalue weighted by Gasteiger charge is 2.22. The van der Waals surface area contributed by atoms with Crippen LogP contribution in [0.3, 0.4) is 0 Å². The van der Waals surface area contributed by atoms with Gasteiger partial charge < -0.3 is 4.90 Å². The number of fused-ring (bicyclic) bond motifs is 1. The van der Waals surface area contributed by atoms with Crippen LogP contribution in [0.1, 0.15) is 5.56 Å². The van der Waals surface area contributed by atoms with Crippen molar-refractivity contribution in [3.05, 3.63) is 76.7 Å². The van der Waals surface area contributed by atoms with E-state index in [0.717, 1.165) is 30.7 Å². The summed E-state index contributed by atoms with van der Waals surface area (Å²) in [5.41, 5.74) is 2.70. The Morgan fingerprint density at radius 3 is 2.31 bits per heavy atom. The molecule has 1 amide bonds. The number of amides is 1. The highest BCUT2D eigenvalue weighted by Crippen LogP contribution is 2.12. The van der Waals surface area contributed by atoms with Gasteiger partial charge in [0.2, 0.25) is 5.91 Å². The number of imidazole rings is 1. The number of hydrogen-bond donors (Lipinski definition) is 0. The second-order valence-electron chi connectivity index (χ2n) is 7.41. The molecule has 1 aliphatic rings. The molecule has 6 nitrogen and oxygen atoms in total. The van der Waals surface area contributed by atoms with Gasteiger partial charge in [-0.1, -0.05) is 54.6 Å². The molecule has 0 atom stereocenters. The molecule has 3 aromatic rings. The molecule has 2 heterocycles. The van der Waals surface area contributed by atoms with Crippen LogP contribution in [0.2, 0.25) is 0 Å². The third kappa shape index (κ3) is 4.17. The van der Waals surface area contributed by atoms with Gasteiger partial charge in [0.25, 0.3) is 0 Å². The molecular formula is C23H26N4O2. The van der Waals surface area contributed by atoms with E-state index < -0.39 is 0 Å². The third-order valence-corrected chi connectivity index (χ3v) is 5.54. The third-order valence-electron chi connectivity index (χ3n) is 5.54. The minimum Gasteiger partial charge on any atom is -0.339 e. The smallest absolute Gasteiger partial charge is 0.329 e. The average molecular weight is 390 g/mol. The number of carbonyl (C=O) groups is 1. The Morgan fingerprint density at radius 1 is 0.931 bits per heavy atom. The standard InChI is InChI=1S/C23H26N4O2/c1-24-20-11-5-6-12-21(20)27(23(24)29)18-22(28)26-16-14-25(15-17-26)13-7-10-19-8-3-2-4-9-19/h2-12H,13-18H2,1H3/b10-7+. The molecule has 0 bridgehead atoms. The first-order valence-corrected chi connectivity index (χ1v) is 9.99. The van der Waals surface area contributed by atoms with Crippen LogP contribution in [0.5, 0.6) is 0 Å². The summed E-state index contributed by atoms with van der Waals surface area (Å²) in [6, 6.07) is 17.8. The lowest BCUT2D eigenvalue weighted by atomic mass is 10.2. The molecule has 150 valence electrons. The fourth-order valence-electron chi connectivity index (χ4n) is 3.83. The van der Waals surface area contributed by atoms with Crippen LogP contribution in [0.15, 0.2) is 65.5 Å². The van der Waals surface area contributed by atoms with Crippen molar-refractivity contribution in [2.75, 3.05) is 32.7 Å². The molecule has 0 unspecified atom stereocenters. The van der Waals surface area contributed by atoms with Gasteiger partial charge in [-0.3, -0.25) is 18.8 Å². The van der Waals surface area contributed by atoms with Crippen LogP contribution in [0.25, 0.3) is 17.1 Å². The van der Waals surface area contributed by atoms with Gasteiger partial charge >= 0.3 is 5.69 Å². The van der Waals surface area contributed by atoms with Gasteiger partial charge in [0.05, 0.1) is 11.0 Å². The van der Waals surface area contributed by atoms with E-state index in [9.17, 15) is 9.59 Å². The number of nitrogens with zero attached hydrogens (tertiary/aromatic N) is 4. The summed E-state index contributed by atoms with van der Waals surface area (Å²) in [5, 5.41) is 0. The van der Waals surface area contributed by atoms with E-state index in [0.29, 0.717) is 13.1 Å². The van der Waals surface area contributed by atoms with E-state index in [1.54, 1.807) is 16.2 Å². The Labute approximate surface area is 170 Å². The van der Waals surface area contributed by atoms with Crippen molar-refractivity contribution in [1.82, 2.24) is 18.9 Å². The number of carbonyl (C=O) groups excluding carboxylic acids is 1. The van der Waals surface area contributed by atoms with E-state index >= 15 is 0 Å². The van der Waals surface area contributed by atoms with Crippen LogP contribution < -0.4 is 5.69 Å². The molecular weight excluding hydrogens is 364 g/mol. The van der Waals surface area contributed by atoms with Gasteiger partial charge in [-0.25, -0.2) is 4.79 Å². The van der Waals surface area contributed by atoms with Crippen LogP contribution >= 0.6 is 0 Å². The van der Waals surface area contributed by atoms with E-state index in [4.69, 9.17) is 0 Å². The predicted molar refractivity (Wildman–Crippen MR) is 116 cm³/mol. The van der Waals surface area contributed by atoms with Crippen molar-refractivity contribution in [3.8, 4) is 0 Å². The number of aromatic nitrogens is 2. The van der Waals surface area contributed by atoms with Crippen LogP contribution in [-0.2, 0) is 18.4 Å². The lowest BCUT2D eigenvalue weighted by Gasteiger charge is -2.34. The van der Waals surface area contributed by atoms with E-state index in [1.807, 2.05) is 47.4 Å². The molecule has 1 fully saturated rings. The zero-order valence-electron chi connectivity index (χ0n) is 16.7. The van der Waals surface area contributed by atoms with E-state index in [-0.39, 0.29) is 18.1 Å². The first kappa shape index (κ1) is 19.2. The van der Waals surface area contributed by atoms with Crippen molar-refractivity contribution < 1.29 is 4.79 Å². The Balaban J connectivity index is 1.33. The molecule has 1 aromatic heterocycles. The molecule has 29 heavy (non-hydrogen) atoms.